The van der Waals surface area contributed by atoms with Crippen LogP contribution >= 0.6 is 0 Å². The largest absolute Gasteiger partial charge is 0.491 e. The number of β-amino-alcohol motifs (C(OH)–C–C–N with tert-alkyl or cyclic N) is 1. The lowest BCUT2D eigenvalue weighted by Crippen LogP contribution is -2.48. The minimum atomic E-state index is -4.00. The summed E-state index contributed by atoms with van der Waals surface area (Å²) in [7, 11) is -4.00. The average Bonchev–Trinajstić information content (AvgIpc) is 3.12. The van der Waals surface area contributed by atoms with Gasteiger partial charge in [-0.25, -0.2) is 13.3 Å². The summed E-state index contributed by atoms with van der Waals surface area (Å²) >= 11 is 0. The first-order valence-electron chi connectivity index (χ1n) is 9.42. The Morgan fingerprint density at radius 1 is 1.29 bits per heavy atom. The highest BCUT2D eigenvalue weighted by molar-refractivity contribution is 7.89. The van der Waals surface area contributed by atoms with Gasteiger partial charge in [0.15, 0.2) is 17.2 Å². The van der Waals surface area contributed by atoms with Crippen LogP contribution in [0.2, 0.25) is 0 Å². The van der Waals surface area contributed by atoms with Crippen LogP contribution in [-0.4, -0.2) is 60.9 Å². The van der Waals surface area contributed by atoms with E-state index in [1.165, 1.54) is 42.5 Å². The molecule has 2 atom stereocenters. The molecule has 0 aromatic heterocycles. The number of sulfonamides is 1. The Hall–Kier alpha value is -3.15. The maximum absolute atomic E-state index is 13.0. The molecular weight excluding hydrogens is 422 g/mol. The summed E-state index contributed by atoms with van der Waals surface area (Å²) in [5.41, 5.74) is -1.19. The molecule has 0 unspecified atom stereocenters. The number of benzene rings is 2. The number of ether oxygens (including phenoxy) is 2. The van der Waals surface area contributed by atoms with Crippen molar-refractivity contribution < 1.29 is 28.1 Å². The molecule has 1 fully saturated rings. The van der Waals surface area contributed by atoms with E-state index >= 15 is 0 Å². The molecule has 0 saturated carbocycles. The van der Waals surface area contributed by atoms with Gasteiger partial charge in [0.1, 0.15) is 11.7 Å². The van der Waals surface area contributed by atoms with E-state index in [1.807, 2.05) is 6.07 Å². The molecule has 162 valence electrons. The summed E-state index contributed by atoms with van der Waals surface area (Å²) in [5, 5.41) is 29.6. The quantitative estimate of drug-likeness (QED) is 0.624. The van der Waals surface area contributed by atoms with Gasteiger partial charge in [0.25, 0.3) is 0 Å². The van der Waals surface area contributed by atoms with Gasteiger partial charge < -0.3 is 19.7 Å². The Labute approximate surface area is 180 Å². The van der Waals surface area contributed by atoms with E-state index in [-0.39, 0.29) is 29.5 Å². The lowest BCUT2D eigenvalue weighted by molar-refractivity contribution is -0.0646. The van der Waals surface area contributed by atoms with Crippen LogP contribution in [0.4, 0.5) is 5.69 Å². The van der Waals surface area contributed by atoms with Crippen LogP contribution in [-0.2, 0) is 10.0 Å². The zero-order chi connectivity index (χ0) is 22.6. The summed E-state index contributed by atoms with van der Waals surface area (Å²) < 4.78 is 38.5. The molecule has 3 rings (SSSR count). The van der Waals surface area contributed by atoms with Crippen LogP contribution in [0.5, 0.6) is 11.5 Å². The molecule has 31 heavy (non-hydrogen) atoms. The van der Waals surface area contributed by atoms with Crippen LogP contribution in [0, 0.1) is 17.9 Å². The number of nitriles is 1. The fraction of sp³-hybridized carbons (Fsp3) is 0.333. The van der Waals surface area contributed by atoms with Gasteiger partial charge in [-0.1, -0.05) is 6.07 Å². The fourth-order valence-electron chi connectivity index (χ4n) is 3.24. The van der Waals surface area contributed by atoms with E-state index in [9.17, 15) is 18.6 Å². The van der Waals surface area contributed by atoms with E-state index in [2.05, 4.69) is 4.85 Å². The predicted octanol–water partition coefficient (Wildman–Crippen LogP) is 1.68. The van der Waals surface area contributed by atoms with Gasteiger partial charge >= 0.3 is 0 Å². The van der Waals surface area contributed by atoms with Gasteiger partial charge in [0, 0.05) is 6.54 Å². The van der Waals surface area contributed by atoms with Crippen molar-refractivity contribution in [3.63, 3.8) is 0 Å². The molecule has 1 aliphatic rings. The molecule has 0 radical (unpaired) electrons. The lowest BCUT2D eigenvalue weighted by atomic mass is 10.0. The number of aliphatic hydroxyl groups excluding tert-OH is 1. The molecule has 0 spiro atoms. The van der Waals surface area contributed by atoms with Crippen molar-refractivity contribution in [2.45, 2.75) is 23.5 Å². The third-order valence-corrected chi connectivity index (χ3v) is 6.77. The highest BCUT2D eigenvalue weighted by atomic mass is 32.2. The standard InChI is InChI=1S/C21H21N3O6S/c1-3-29-19-10-16(23-2)6-9-18(19)30-20-12-24(13-21(20,26)14-25)31(27,28)17-7-4-15(11-22)5-8-17/h4-10,20,25-26H,3,12-14H2,1H3/t20-,21+/m0/s1. The molecule has 1 heterocycles. The van der Waals surface area contributed by atoms with Crippen LogP contribution in [0.15, 0.2) is 47.4 Å². The molecule has 1 saturated heterocycles. The number of hydrogen-bond donors (Lipinski definition) is 2. The first kappa shape index (κ1) is 22.5. The van der Waals surface area contributed by atoms with Crippen LogP contribution in [0.3, 0.4) is 0 Å². The van der Waals surface area contributed by atoms with E-state index in [0.717, 1.165) is 4.31 Å². The summed E-state index contributed by atoms with van der Waals surface area (Å²) in [5.74, 6) is 0.508. The van der Waals surface area contributed by atoms with Crippen molar-refractivity contribution in [3.8, 4) is 17.6 Å². The topological polar surface area (TPSA) is 124 Å². The number of nitrogens with zero attached hydrogens (tertiary/aromatic N) is 3. The fourth-order valence-corrected chi connectivity index (χ4v) is 4.75. The van der Waals surface area contributed by atoms with Crippen molar-refractivity contribution in [1.82, 2.24) is 4.31 Å². The molecule has 2 N–H and O–H groups in total. The van der Waals surface area contributed by atoms with Gasteiger partial charge in [0.2, 0.25) is 10.0 Å². The Kier molecular flexibility index (Phi) is 6.48. The maximum Gasteiger partial charge on any atom is 0.243 e. The highest BCUT2D eigenvalue weighted by Crippen LogP contribution is 2.36. The normalized spacial score (nSPS) is 21.3. The van der Waals surface area contributed by atoms with Crippen molar-refractivity contribution >= 4 is 15.7 Å². The molecular formula is C21H21N3O6S. The molecule has 0 bridgehead atoms. The van der Waals surface area contributed by atoms with Crippen molar-refractivity contribution in [1.29, 1.82) is 5.26 Å². The summed E-state index contributed by atoms with van der Waals surface area (Å²) in [6, 6.07) is 11.9. The van der Waals surface area contributed by atoms with E-state index < -0.39 is 28.3 Å². The van der Waals surface area contributed by atoms with E-state index in [1.54, 1.807) is 6.92 Å². The third kappa shape index (κ3) is 4.48. The molecule has 0 aliphatic carbocycles. The van der Waals surface area contributed by atoms with Crippen LogP contribution in [0.1, 0.15) is 12.5 Å². The molecule has 9 nitrogen and oxygen atoms in total. The van der Waals surface area contributed by atoms with Crippen molar-refractivity contribution in [2.75, 3.05) is 26.3 Å². The Morgan fingerprint density at radius 2 is 2.00 bits per heavy atom. The molecule has 2 aromatic rings. The zero-order valence-electron chi connectivity index (χ0n) is 16.7. The predicted molar refractivity (Wildman–Crippen MR) is 110 cm³/mol. The highest BCUT2D eigenvalue weighted by Gasteiger charge is 2.51. The second-order valence-corrected chi connectivity index (χ2v) is 8.92. The number of rotatable bonds is 7. The van der Waals surface area contributed by atoms with Gasteiger partial charge in [-0.3, -0.25) is 0 Å². The van der Waals surface area contributed by atoms with Crippen LogP contribution in [0.25, 0.3) is 4.85 Å². The number of aliphatic hydroxyl groups is 2. The van der Waals surface area contributed by atoms with E-state index in [0.29, 0.717) is 17.9 Å². The first-order valence-corrected chi connectivity index (χ1v) is 10.9. The van der Waals surface area contributed by atoms with Gasteiger partial charge in [-0.05, 0) is 43.3 Å². The number of hydrogen-bond acceptors (Lipinski definition) is 7. The van der Waals surface area contributed by atoms with Crippen molar-refractivity contribution in [3.05, 3.63) is 59.4 Å². The molecule has 10 heteroatoms. The Morgan fingerprint density at radius 3 is 2.58 bits per heavy atom. The maximum atomic E-state index is 13.0. The van der Waals surface area contributed by atoms with Crippen molar-refractivity contribution in [2.24, 2.45) is 0 Å². The third-order valence-electron chi connectivity index (χ3n) is 4.94. The minimum Gasteiger partial charge on any atom is -0.491 e. The second kappa shape index (κ2) is 8.92. The summed E-state index contributed by atoms with van der Waals surface area (Å²) in [6.45, 7) is 7.89. The Balaban J connectivity index is 1.89. The summed E-state index contributed by atoms with van der Waals surface area (Å²) in [4.78, 5) is 3.30. The molecule has 2 aromatic carbocycles. The summed E-state index contributed by atoms with van der Waals surface area (Å²) in [6.07, 6.45) is -1.08. The Bertz CT molecular complexity index is 1140. The first-order chi connectivity index (χ1) is 14.8. The average molecular weight is 443 g/mol. The van der Waals surface area contributed by atoms with Gasteiger partial charge in [-0.2, -0.15) is 9.57 Å². The monoisotopic (exact) mass is 443 g/mol. The smallest absolute Gasteiger partial charge is 0.243 e. The molecule has 1 aliphatic heterocycles. The SMILES string of the molecule is [C-]#[N+]c1ccc(O[C@H]2CN(S(=O)(=O)c3ccc(C#N)cc3)C[C@@]2(O)CO)c(OCC)c1. The van der Waals surface area contributed by atoms with Gasteiger partial charge in [0.05, 0.1) is 42.9 Å². The lowest BCUT2D eigenvalue weighted by Gasteiger charge is -2.27. The minimum absolute atomic E-state index is 0.0381. The van der Waals surface area contributed by atoms with E-state index in [4.69, 9.17) is 21.3 Å². The van der Waals surface area contributed by atoms with Gasteiger partial charge in [-0.15, -0.1) is 0 Å². The zero-order valence-corrected chi connectivity index (χ0v) is 17.5. The van der Waals surface area contributed by atoms with Crippen LogP contribution < -0.4 is 9.47 Å². The second-order valence-electron chi connectivity index (χ2n) is 6.98. The molecule has 0 amide bonds.